The predicted molar refractivity (Wildman–Crippen MR) is 116 cm³/mol. The molecule has 2 aromatic carbocycles. The van der Waals surface area contributed by atoms with E-state index in [-0.39, 0.29) is 34.5 Å². The number of nitrogens with one attached hydrogen (secondary N) is 1. The molecule has 2 aromatic heterocycles. The van der Waals surface area contributed by atoms with Gasteiger partial charge in [0.15, 0.2) is 5.16 Å². The number of ether oxygens (including phenoxy) is 1. The maximum Gasteiger partial charge on any atom is 0.270 e. The Morgan fingerprint density at radius 2 is 1.94 bits per heavy atom. The molecule has 0 aliphatic rings. The molecule has 0 fully saturated rings. The van der Waals surface area contributed by atoms with Gasteiger partial charge in [0, 0.05) is 11.1 Å². The molecule has 0 saturated carbocycles. The number of nitriles is 1. The van der Waals surface area contributed by atoms with Gasteiger partial charge >= 0.3 is 0 Å². The normalized spacial score (nSPS) is 10.7. The van der Waals surface area contributed by atoms with E-state index >= 15 is 0 Å². The lowest BCUT2D eigenvalue weighted by atomic mass is 10.1. The monoisotopic (exact) mass is 449 g/mol. The molecule has 2 heterocycles. The third-order valence-corrected chi connectivity index (χ3v) is 5.46. The van der Waals surface area contributed by atoms with Crippen LogP contribution in [0.3, 0.4) is 0 Å². The molecule has 0 spiro atoms. The number of thioether (sulfide) groups is 1. The van der Waals surface area contributed by atoms with E-state index in [1.807, 2.05) is 6.07 Å². The number of halogens is 1. The Balaban J connectivity index is 1.57. The summed E-state index contributed by atoms with van der Waals surface area (Å²) in [5.74, 6) is 1.06. The summed E-state index contributed by atoms with van der Waals surface area (Å²) in [6.07, 6.45) is 0. The predicted octanol–water partition coefficient (Wildman–Crippen LogP) is 4.11. The standard InChI is InChI=1S/C22H16FN5O3S/c1-12-3-4-14(9-17(12)23)20-25-18(31-28-20)11-32-22-26-19(16(10-24)21(29)27-22)13-5-7-15(30-2)8-6-13/h3-9H,11H2,1-2H3,(H,26,27,29). The van der Waals surface area contributed by atoms with E-state index in [4.69, 9.17) is 9.26 Å². The van der Waals surface area contributed by atoms with Crippen molar-refractivity contribution in [3.8, 4) is 34.5 Å². The maximum atomic E-state index is 13.8. The molecular weight excluding hydrogens is 433 g/mol. The zero-order valence-electron chi connectivity index (χ0n) is 17.0. The van der Waals surface area contributed by atoms with Crippen molar-refractivity contribution in [1.82, 2.24) is 20.1 Å². The Labute approximate surface area is 186 Å². The molecule has 4 aromatic rings. The lowest BCUT2D eigenvalue weighted by Gasteiger charge is -2.06. The van der Waals surface area contributed by atoms with Gasteiger partial charge in [0.25, 0.3) is 5.56 Å². The quantitative estimate of drug-likeness (QED) is 0.345. The van der Waals surface area contributed by atoms with Crippen molar-refractivity contribution in [2.45, 2.75) is 17.8 Å². The molecule has 32 heavy (non-hydrogen) atoms. The van der Waals surface area contributed by atoms with Crippen molar-refractivity contribution in [3.05, 3.63) is 75.7 Å². The molecule has 8 nitrogen and oxygen atoms in total. The summed E-state index contributed by atoms with van der Waals surface area (Å²) in [6, 6.07) is 13.5. The first-order chi connectivity index (χ1) is 15.5. The highest BCUT2D eigenvalue weighted by Crippen LogP contribution is 2.26. The van der Waals surface area contributed by atoms with E-state index in [1.54, 1.807) is 50.4 Å². The van der Waals surface area contributed by atoms with Crippen LogP contribution >= 0.6 is 11.8 Å². The van der Waals surface area contributed by atoms with E-state index in [0.717, 1.165) is 0 Å². The SMILES string of the molecule is COc1ccc(-c2nc(SCc3nc(-c4ccc(C)c(F)c4)no3)[nH]c(=O)c2C#N)cc1. The fraction of sp³-hybridized carbons (Fsp3) is 0.136. The van der Waals surface area contributed by atoms with Gasteiger partial charge in [0.2, 0.25) is 11.7 Å². The van der Waals surface area contributed by atoms with Crippen molar-refractivity contribution in [1.29, 1.82) is 5.26 Å². The Kier molecular flexibility index (Phi) is 6.00. The molecule has 0 bridgehead atoms. The third-order valence-electron chi connectivity index (χ3n) is 4.60. The molecule has 0 aliphatic heterocycles. The number of hydrogen-bond acceptors (Lipinski definition) is 8. The van der Waals surface area contributed by atoms with Crippen molar-refractivity contribution in [2.75, 3.05) is 7.11 Å². The zero-order valence-corrected chi connectivity index (χ0v) is 17.9. The summed E-state index contributed by atoms with van der Waals surface area (Å²) in [5, 5.41) is 13.6. The van der Waals surface area contributed by atoms with Gasteiger partial charge < -0.3 is 14.2 Å². The van der Waals surface area contributed by atoms with Gasteiger partial charge in [0.05, 0.1) is 18.6 Å². The average molecular weight is 449 g/mol. The second kappa shape index (κ2) is 9.03. The fourth-order valence-corrected chi connectivity index (χ4v) is 3.57. The number of benzene rings is 2. The van der Waals surface area contributed by atoms with E-state index < -0.39 is 5.56 Å². The highest BCUT2D eigenvalue weighted by molar-refractivity contribution is 7.98. The number of aromatic amines is 1. The third kappa shape index (κ3) is 4.38. The van der Waals surface area contributed by atoms with Crippen LogP contribution in [0.2, 0.25) is 0 Å². The molecule has 0 aliphatic carbocycles. The van der Waals surface area contributed by atoms with E-state index in [0.29, 0.717) is 27.6 Å². The second-order valence-electron chi connectivity index (χ2n) is 6.70. The van der Waals surface area contributed by atoms with Gasteiger partial charge in [-0.2, -0.15) is 10.2 Å². The number of aromatic nitrogens is 4. The van der Waals surface area contributed by atoms with Crippen LogP contribution in [0.15, 0.2) is 56.9 Å². The van der Waals surface area contributed by atoms with Gasteiger partial charge in [-0.05, 0) is 42.8 Å². The van der Waals surface area contributed by atoms with Crippen LogP contribution in [-0.2, 0) is 5.75 Å². The summed E-state index contributed by atoms with van der Waals surface area (Å²) < 4.78 is 24.2. The number of methoxy groups -OCH3 is 1. The van der Waals surface area contributed by atoms with E-state index in [1.165, 1.54) is 17.8 Å². The van der Waals surface area contributed by atoms with Gasteiger partial charge in [-0.15, -0.1) is 0 Å². The minimum Gasteiger partial charge on any atom is -0.497 e. The second-order valence-corrected chi connectivity index (χ2v) is 7.66. The molecule has 0 radical (unpaired) electrons. The van der Waals surface area contributed by atoms with Crippen LogP contribution in [0.25, 0.3) is 22.6 Å². The largest absolute Gasteiger partial charge is 0.497 e. The topological polar surface area (TPSA) is 118 Å². The Morgan fingerprint density at radius 1 is 1.19 bits per heavy atom. The Bertz CT molecular complexity index is 1380. The average Bonchev–Trinajstić information content (AvgIpc) is 3.28. The zero-order chi connectivity index (χ0) is 22.7. The molecule has 0 atom stereocenters. The molecule has 10 heteroatoms. The first-order valence-corrected chi connectivity index (χ1v) is 10.4. The highest BCUT2D eigenvalue weighted by Gasteiger charge is 2.16. The number of aryl methyl sites for hydroxylation is 1. The number of nitrogens with zero attached hydrogens (tertiary/aromatic N) is 4. The first kappa shape index (κ1) is 21.3. The Hall–Kier alpha value is -3.97. The summed E-state index contributed by atoms with van der Waals surface area (Å²) in [7, 11) is 1.55. The summed E-state index contributed by atoms with van der Waals surface area (Å²) in [5.41, 5.74) is 1.27. The van der Waals surface area contributed by atoms with Crippen LogP contribution in [0.5, 0.6) is 5.75 Å². The lowest BCUT2D eigenvalue weighted by molar-refractivity contribution is 0.391. The van der Waals surface area contributed by atoms with Gasteiger partial charge in [-0.1, -0.05) is 29.1 Å². The minimum absolute atomic E-state index is 0.0824. The number of hydrogen-bond donors (Lipinski definition) is 1. The van der Waals surface area contributed by atoms with Crippen LogP contribution < -0.4 is 10.3 Å². The van der Waals surface area contributed by atoms with Crippen molar-refractivity contribution in [2.24, 2.45) is 0 Å². The van der Waals surface area contributed by atoms with Crippen molar-refractivity contribution < 1.29 is 13.7 Å². The molecule has 0 unspecified atom stereocenters. The van der Waals surface area contributed by atoms with Gasteiger partial charge in [0.1, 0.15) is 23.2 Å². The first-order valence-electron chi connectivity index (χ1n) is 9.39. The number of H-pyrrole nitrogens is 1. The molecule has 0 saturated heterocycles. The summed E-state index contributed by atoms with van der Waals surface area (Å²) >= 11 is 1.17. The van der Waals surface area contributed by atoms with Gasteiger partial charge in [-0.25, -0.2) is 9.37 Å². The molecule has 0 amide bonds. The molecule has 4 rings (SSSR count). The van der Waals surface area contributed by atoms with Crippen LogP contribution in [-0.4, -0.2) is 27.2 Å². The van der Waals surface area contributed by atoms with Gasteiger partial charge in [-0.3, -0.25) is 4.79 Å². The van der Waals surface area contributed by atoms with E-state index in [9.17, 15) is 14.4 Å². The lowest BCUT2D eigenvalue weighted by Crippen LogP contribution is -2.14. The minimum atomic E-state index is -0.544. The fourth-order valence-electron chi connectivity index (χ4n) is 2.88. The van der Waals surface area contributed by atoms with Crippen molar-refractivity contribution >= 4 is 11.8 Å². The maximum absolute atomic E-state index is 13.8. The smallest absolute Gasteiger partial charge is 0.270 e. The molecular formula is C22H16FN5O3S. The van der Waals surface area contributed by atoms with Crippen LogP contribution in [0.4, 0.5) is 4.39 Å². The summed E-state index contributed by atoms with van der Waals surface area (Å²) in [6.45, 7) is 1.67. The van der Waals surface area contributed by atoms with Crippen molar-refractivity contribution in [3.63, 3.8) is 0 Å². The van der Waals surface area contributed by atoms with Crippen LogP contribution in [0, 0.1) is 24.1 Å². The van der Waals surface area contributed by atoms with E-state index in [2.05, 4.69) is 20.1 Å². The van der Waals surface area contributed by atoms with Crippen LogP contribution in [0.1, 0.15) is 17.0 Å². The molecule has 160 valence electrons. The molecule has 1 N–H and O–H groups in total. The number of rotatable bonds is 6. The highest BCUT2D eigenvalue weighted by atomic mass is 32.2. The summed E-state index contributed by atoms with van der Waals surface area (Å²) in [4.78, 5) is 23.7. The Morgan fingerprint density at radius 3 is 2.62 bits per heavy atom.